The van der Waals surface area contributed by atoms with Crippen molar-refractivity contribution in [1.82, 2.24) is 10.6 Å². The number of aromatic hydroxyl groups is 1. The molecule has 0 bridgehead atoms. The molecule has 2 aliphatic heterocycles. The van der Waals surface area contributed by atoms with E-state index < -0.39 is 39.6 Å². The molecule has 0 aromatic heterocycles. The van der Waals surface area contributed by atoms with E-state index in [1.807, 2.05) is 12.1 Å². The minimum atomic E-state index is -3.59. The lowest BCUT2D eigenvalue weighted by atomic mass is 10.0. The topological polar surface area (TPSA) is 228 Å². The van der Waals surface area contributed by atoms with Gasteiger partial charge in [0.05, 0.1) is 18.0 Å². The Morgan fingerprint density at radius 1 is 1.10 bits per heavy atom. The van der Waals surface area contributed by atoms with Gasteiger partial charge in [-0.15, -0.1) is 8.80 Å². The van der Waals surface area contributed by atoms with Crippen LogP contribution in [0.4, 0.5) is 17.1 Å². The van der Waals surface area contributed by atoms with Crippen LogP contribution in [0.15, 0.2) is 51.3 Å². The molecule has 0 aliphatic carbocycles. The molecule has 0 amide bonds. The summed E-state index contributed by atoms with van der Waals surface area (Å²) < 4.78 is 52.2. The summed E-state index contributed by atoms with van der Waals surface area (Å²) in [5.41, 5.74) is 2.06. The number of nitrogens with zero attached hydrogens (tertiary/aromatic N) is 3. The van der Waals surface area contributed by atoms with Gasteiger partial charge in [-0.1, -0.05) is 6.07 Å². The zero-order valence-electron chi connectivity index (χ0n) is 22.1. The van der Waals surface area contributed by atoms with Crippen molar-refractivity contribution in [2.24, 2.45) is 8.80 Å². The van der Waals surface area contributed by atoms with E-state index in [0.717, 1.165) is 37.9 Å². The van der Waals surface area contributed by atoms with E-state index in [9.17, 15) is 32.5 Å². The number of amidine groups is 2. The van der Waals surface area contributed by atoms with Crippen molar-refractivity contribution >= 4 is 55.7 Å². The van der Waals surface area contributed by atoms with Gasteiger partial charge in [-0.3, -0.25) is 18.6 Å². The van der Waals surface area contributed by atoms with Crippen LogP contribution in [0.5, 0.6) is 5.75 Å². The van der Waals surface area contributed by atoms with Crippen LogP contribution in [-0.4, -0.2) is 89.0 Å². The summed E-state index contributed by atoms with van der Waals surface area (Å²) in [5, 5.41) is 38.2. The monoisotopic (exact) mass is 611 g/mol. The molecule has 15 nitrogen and oxygen atoms in total. The Bertz CT molecular complexity index is 1430. The van der Waals surface area contributed by atoms with E-state index in [1.54, 1.807) is 18.2 Å². The number of nitrogens with one attached hydrogen (secondary N) is 4. The van der Waals surface area contributed by atoms with Crippen molar-refractivity contribution in [3.8, 4) is 5.75 Å². The summed E-state index contributed by atoms with van der Waals surface area (Å²) in [6.07, 6.45) is 1.74. The van der Waals surface area contributed by atoms with Gasteiger partial charge >= 0.3 is 5.97 Å². The predicted octanol–water partition coefficient (Wildman–Crippen LogP) is 1.53. The van der Waals surface area contributed by atoms with E-state index in [2.05, 4.69) is 34.4 Å². The normalized spacial score (nSPS) is 18.7. The molecule has 2 aliphatic rings. The second kappa shape index (κ2) is 12.5. The summed E-state index contributed by atoms with van der Waals surface area (Å²) in [5.74, 6) is -1.38. The van der Waals surface area contributed by atoms with Gasteiger partial charge in [-0.2, -0.15) is 0 Å². The molecule has 0 unspecified atom stereocenters. The molecule has 41 heavy (non-hydrogen) atoms. The number of rotatable bonds is 10. The minimum absolute atomic E-state index is 0.00856. The summed E-state index contributed by atoms with van der Waals surface area (Å²) in [6.45, 7) is 1.34. The number of carbonyl (C=O) groups is 1. The number of hydrogen-bond donors (Lipinski definition) is 9. The average molecular weight is 612 g/mol. The van der Waals surface area contributed by atoms with Crippen molar-refractivity contribution < 1.29 is 37.6 Å². The largest absolute Gasteiger partial charge is 0.506 e. The maximum atomic E-state index is 11.5. The number of aliphatic hydroxyl groups is 1. The quantitative estimate of drug-likeness (QED) is 0.174. The molecule has 0 saturated carbocycles. The number of carboxylic acids is 1. The van der Waals surface area contributed by atoms with Crippen LogP contribution >= 0.6 is 11.0 Å². The third kappa shape index (κ3) is 8.69. The Morgan fingerprint density at radius 2 is 1.76 bits per heavy atom. The highest BCUT2D eigenvalue weighted by Gasteiger charge is 2.26. The second-order valence-electron chi connectivity index (χ2n) is 9.63. The number of anilines is 3. The fourth-order valence-corrected chi connectivity index (χ4v) is 5.76. The highest BCUT2D eigenvalue weighted by atomic mass is 32.3. The molecule has 2 aromatic rings. The smallest absolute Gasteiger partial charge is 0.322 e. The van der Waals surface area contributed by atoms with Crippen molar-refractivity contribution in [3.63, 3.8) is 0 Å². The molecule has 0 radical (unpaired) electrons. The van der Waals surface area contributed by atoms with Crippen LogP contribution in [0, 0.1) is 0 Å². The molecule has 2 aromatic carbocycles. The van der Waals surface area contributed by atoms with Gasteiger partial charge in [0.25, 0.3) is 0 Å². The number of phenols is 1. The van der Waals surface area contributed by atoms with Crippen LogP contribution in [0.2, 0.25) is 0 Å². The van der Waals surface area contributed by atoms with Gasteiger partial charge in [-0.25, -0.2) is 8.42 Å². The molecule has 9 N–H and O–H groups in total. The number of aliphatic carboxylic acids is 1. The fraction of sp³-hybridized carbons (Fsp3) is 0.375. The van der Waals surface area contributed by atoms with Crippen LogP contribution in [-0.2, 0) is 14.8 Å². The number of hydrogen-bond acceptors (Lipinski definition) is 13. The van der Waals surface area contributed by atoms with Gasteiger partial charge in [0, 0.05) is 48.0 Å². The number of phenolic OH excluding ortho intramolecular Hbond substituents is 1. The second-order valence-corrected chi connectivity index (χ2v) is 12.7. The zero-order valence-corrected chi connectivity index (χ0v) is 23.7. The number of sulfonamides is 1. The average Bonchev–Trinajstić information content (AvgIpc) is 3.20. The van der Waals surface area contributed by atoms with Gasteiger partial charge in [0.2, 0.25) is 10.0 Å². The highest BCUT2D eigenvalue weighted by molar-refractivity contribution is 8.22. The van der Waals surface area contributed by atoms with E-state index in [0.29, 0.717) is 11.3 Å². The first-order chi connectivity index (χ1) is 19.3. The molecule has 1 atom stereocenters. The third-order valence-corrected chi connectivity index (χ3v) is 7.80. The van der Waals surface area contributed by atoms with Crippen LogP contribution in [0.3, 0.4) is 0 Å². The van der Waals surface area contributed by atoms with Crippen molar-refractivity contribution in [2.75, 3.05) is 47.4 Å². The van der Waals surface area contributed by atoms with Crippen LogP contribution < -0.4 is 25.6 Å². The number of benzene rings is 2. The lowest BCUT2D eigenvalue weighted by Gasteiger charge is -2.34. The highest BCUT2D eigenvalue weighted by Crippen LogP contribution is 2.45. The Morgan fingerprint density at radius 3 is 2.39 bits per heavy atom. The third-order valence-electron chi connectivity index (χ3n) is 6.35. The Kier molecular flexibility index (Phi) is 9.25. The van der Waals surface area contributed by atoms with E-state index in [4.69, 9.17) is 5.11 Å². The minimum Gasteiger partial charge on any atom is -0.506 e. The molecule has 1 fully saturated rings. The van der Waals surface area contributed by atoms with Gasteiger partial charge < -0.3 is 36.2 Å². The summed E-state index contributed by atoms with van der Waals surface area (Å²) in [6, 6.07) is 11.9. The standard InChI is InChI=1S/C24H33N7O8S2/c1-40(36,37)28-19-12-15(2-7-20(19)32)21(33)13-25-16-8-10-31(11-9-16)18-5-3-17(4-6-18)27-24-23(26-14-22(34)35)29-41(38,39)30-24/h2-7,12,16,21,25,28,32-33,38-39H,8-11,13-14H2,1H3,(H,26,29)(H,27,30)(H,34,35)/t21-/m1/s1. The molecule has 17 heteroatoms. The van der Waals surface area contributed by atoms with Crippen LogP contribution in [0.25, 0.3) is 0 Å². The SMILES string of the molecule is CS(=O)(=O)Nc1cc([C@H](O)CNC2CCN(c3ccc(NC4=NS(O)(O)N=C4NCC(=O)O)cc3)CC2)ccc1O. The van der Waals surface area contributed by atoms with Crippen LogP contribution in [0.1, 0.15) is 24.5 Å². The van der Waals surface area contributed by atoms with E-state index >= 15 is 0 Å². The molecule has 2 heterocycles. The van der Waals surface area contributed by atoms with Crippen molar-refractivity contribution in [1.29, 1.82) is 0 Å². The summed E-state index contributed by atoms with van der Waals surface area (Å²) in [4.78, 5) is 13.0. The number of piperidine rings is 1. The number of carboxylic acid groups (broad SMARTS) is 1. The summed E-state index contributed by atoms with van der Waals surface area (Å²) in [7, 11) is -7.17. The molecule has 4 rings (SSSR count). The Balaban J connectivity index is 1.26. The molecule has 224 valence electrons. The lowest BCUT2D eigenvalue weighted by molar-refractivity contribution is -0.135. The molecule has 0 spiro atoms. The molecular formula is C24H33N7O8S2. The van der Waals surface area contributed by atoms with Gasteiger partial charge in [-0.05, 0) is 54.8 Å². The van der Waals surface area contributed by atoms with Gasteiger partial charge in [0.1, 0.15) is 12.3 Å². The van der Waals surface area contributed by atoms with Gasteiger partial charge in [0.15, 0.2) is 11.7 Å². The van der Waals surface area contributed by atoms with E-state index in [-0.39, 0.29) is 35.7 Å². The van der Waals surface area contributed by atoms with Crippen molar-refractivity contribution in [2.45, 2.75) is 25.0 Å². The number of aliphatic hydroxyl groups excluding tert-OH is 1. The zero-order chi connectivity index (χ0) is 29.8. The van der Waals surface area contributed by atoms with E-state index in [1.165, 1.54) is 12.1 Å². The fourth-order valence-electron chi connectivity index (χ4n) is 4.38. The maximum Gasteiger partial charge on any atom is 0.322 e. The first kappa shape index (κ1) is 30.4. The first-order valence-electron chi connectivity index (χ1n) is 12.6. The predicted molar refractivity (Wildman–Crippen MR) is 158 cm³/mol. The maximum absolute atomic E-state index is 11.5. The summed E-state index contributed by atoms with van der Waals surface area (Å²) >= 11 is 0. The Hall–Kier alpha value is -3.61. The first-order valence-corrected chi connectivity index (χ1v) is 15.9. The molecular weight excluding hydrogens is 578 g/mol. The Labute approximate surface area is 238 Å². The molecule has 1 saturated heterocycles. The lowest BCUT2D eigenvalue weighted by Crippen LogP contribution is -2.43. The van der Waals surface area contributed by atoms with Crippen molar-refractivity contribution in [3.05, 3.63) is 48.0 Å².